The van der Waals surface area contributed by atoms with E-state index >= 15 is 0 Å². The number of esters is 1. The largest absolute Gasteiger partial charge is 0.469 e. The quantitative estimate of drug-likeness (QED) is 0.679. The minimum Gasteiger partial charge on any atom is -0.469 e. The Morgan fingerprint density at radius 1 is 1.32 bits per heavy atom. The number of rotatable bonds is 6. The van der Waals surface area contributed by atoms with Crippen molar-refractivity contribution in [2.75, 3.05) is 40.3 Å². The minimum absolute atomic E-state index is 0.190. The number of methoxy groups -OCH3 is 1. The molecule has 0 saturated carbocycles. The molecule has 1 saturated heterocycles. The third-order valence-electron chi connectivity index (χ3n) is 3.69. The molecule has 0 aromatic carbocycles. The highest BCUT2D eigenvalue weighted by molar-refractivity contribution is 5.78. The summed E-state index contributed by atoms with van der Waals surface area (Å²) in [4.78, 5) is 27.0. The summed E-state index contributed by atoms with van der Waals surface area (Å²) in [5.41, 5.74) is 0. The number of piperidine rings is 1. The lowest BCUT2D eigenvalue weighted by Crippen LogP contribution is -2.43. The first-order chi connectivity index (χ1) is 9.02. The lowest BCUT2D eigenvalue weighted by Gasteiger charge is -2.31. The standard InChI is InChI=1S/C14H26N2O3/c1-12-6-9-16(10-7-12)13(17)11-15(2)8-4-5-14(18)19-3/h12H,4-11H2,1-3H3. The number of carbonyl (C=O) groups is 2. The first-order valence-corrected chi connectivity index (χ1v) is 7.06. The zero-order chi connectivity index (χ0) is 14.3. The Labute approximate surface area is 115 Å². The summed E-state index contributed by atoms with van der Waals surface area (Å²) in [6.07, 6.45) is 3.36. The predicted molar refractivity (Wildman–Crippen MR) is 73.7 cm³/mol. The van der Waals surface area contributed by atoms with E-state index in [0.29, 0.717) is 13.0 Å². The van der Waals surface area contributed by atoms with Gasteiger partial charge in [0.1, 0.15) is 0 Å². The van der Waals surface area contributed by atoms with E-state index in [0.717, 1.165) is 44.8 Å². The molecular formula is C14H26N2O3. The normalized spacial score (nSPS) is 16.7. The van der Waals surface area contributed by atoms with Crippen LogP contribution in [0.4, 0.5) is 0 Å². The molecule has 0 aromatic heterocycles. The molecule has 0 bridgehead atoms. The number of ether oxygens (including phenoxy) is 1. The summed E-state index contributed by atoms with van der Waals surface area (Å²) < 4.78 is 4.59. The highest BCUT2D eigenvalue weighted by Crippen LogP contribution is 2.16. The van der Waals surface area contributed by atoms with Crippen LogP contribution in [0.1, 0.15) is 32.6 Å². The van der Waals surface area contributed by atoms with Gasteiger partial charge < -0.3 is 9.64 Å². The number of likely N-dealkylation sites (N-methyl/N-ethyl adjacent to an activating group) is 1. The van der Waals surface area contributed by atoms with Crippen molar-refractivity contribution in [3.8, 4) is 0 Å². The van der Waals surface area contributed by atoms with E-state index in [1.54, 1.807) is 0 Å². The van der Waals surface area contributed by atoms with Crippen LogP contribution in [0, 0.1) is 5.92 Å². The van der Waals surface area contributed by atoms with Crippen molar-refractivity contribution in [3.05, 3.63) is 0 Å². The minimum atomic E-state index is -0.190. The zero-order valence-corrected chi connectivity index (χ0v) is 12.4. The van der Waals surface area contributed by atoms with Gasteiger partial charge in [0.25, 0.3) is 0 Å². The first-order valence-electron chi connectivity index (χ1n) is 7.06. The lowest BCUT2D eigenvalue weighted by atomic mass is 9.99. The number of hydrogen-bond acceptors (Lipinski definition) is 4. The van der Waals surface area contributed by atoms with Gasteiger partial charge in [0.05, 0.1) is 13.7 Å². The third-order valence-corrected chi connectivity index (χ3v) is 3.69. The lowest BCUT2D eigenvalue weighted by molar-refractivity contribution is -0.140. The van der Waals surface area contributed by atoms with Crippen LogP contribution < -0.4 is 0 Å². The van der Waals surface area contributed by atoms with Gasteiger partial charge in [-0.3, -0.25) is 14.5 Å². The van der Waals surface area contributed by atoms with Crippen LogP contribution in [0.3, 0.4) is 0 Å². The molecule has 5 nitrogen and oxygen atoms in total. The molecule has 0 spiro atoms. The fraction of sp³-hybridized carbons (Fsp3) is 0.857. The Morgan fingerprint density at radius 2 is 1.95 bits per heavy atom. The van der Waals surface area contributed by atoms with E-state index in [4.69, 9.17) is 0 Å². The van der Waals surface area contributed by atoms with Crippen molar-refractivity contribution in [3.63, 3.8) is 0 Å². The van der Waals surface area contributed by atoms with E-state index < -0.39 is 0 Å². The van der Waals surface area contributed by atoms with Gasteiger partial charge in [0.2, 0.25) is 5.91 Å². The van der Waals surface area contributed by atoms with Crippen LogP contribution in [0.15, 0.2) is 0 Å². The number of hydrogen-bond donors (Lipinski definition) is 0. The molecule has 1 amide bonds. The average Bonchev–Trinajstić information content (AvgIpc) is 2.39. The molecule has 1 aliphatic heterocycles. The molecule has 0 unspecified atom stereocenters. The molecule has 1 heterocycles. The number of nitrogens with zero attached hydrogens (tertiary/aromatic N) is 2. The molecular weight excluding hydrogens is 244 g/mol. The second-order valence-corrected chi connectivity index (χ2v) is 5.48. The highest BCUT2D eigenvalue weighted by Gasteiger charge is 2.20. The van der Waals surface area contributed by atoms with Crippen molar-refractivity contribution in [2.24, 2.45) is 5.92 Å². The SMILES string of the molecule is COC(=O)CCCN(C)CC(=O)N1CCC(C)CC1. The van der Waals surface area contributed by atoms with Gasteiger partial charge in [-0.1, -0.05) is 6.92 Å². The molecule has 5 heteroatoms. The summed E-state index contributed by atoms with van der Waals surface area (Å²) in [7, 11) is 3.31. The van der Waals surface area contributed by atoms with Gasteiger partial charge in [0.15, 0.2) is 0 Å². The van der Waals surface area contributed by atoms with E-state index in [2.05, 4.69) is 11.7 Å². The maximum Gasteiger partial charge on any atom is 0.305 e. The Bertz CT molecular complexity index is 299. The van der Waals surface area contributed by atoms with Gasteiger partial charge in [-0.05, 0) is 38.8 Å². The van der Waals surface area contributed by atoms with Crippen LogP contribution in [-0.2, 0) is 14.3 Å². The van der Waals surface area contributed by atoms with Crippen molar-refractivity contribution >= 4 is 11.9 Å². The predicted octanol–water partition coefficient (Wildman–Crippen LogP) is 1.13. The van der Waals surface area contributed by atoms with Gasteiger partial charge in [0, 0.05) is 19.5 Å². The van der Waals surface area contributed by atoms with Crippen LogP contribution in [0.5, 0.6) is 0 Å². The molecule has 1 fully saturated rings. The third kappa shape index (κ3) is 6.05. The molecule has 1 aliphatic rings. The molecule has 19 heavy (non-hydrogen) atoms. The Morgan fingerprint density at radius 3 is 2.53 bits per heavy atom. The monoisotopic (exact) mass is 270 g/mol. The van der Waals surface area contributed by atoms with Crippen molar-refractivity contribution in [1.29, 1.82) is 0 Å². The van der Waals surface area contributed by atoms with E-state index in [9.17, 15) is 9.59 Å². The fourth-order valence-corrected chi connectivity index (χ4v) is 2.26. The van der Waals surface area contributed by atoms with Crippen molar-refractivity contribution < 1.29 is 14.3 Å². The molecule has 0 aromatic rings. The van der Waals surface area contributed by atoms with E-state index in [1.807, 2.05) is 16.8 Å². The highest BCUT2D eigenvalue weighted by atomic mass is 16.5. The fourth-order valence-electron chi connectivity index (χ4n) is 2.26. The Balaban J connectivity index is 2.18. The van der Waals surface area contributed by atoms with Gasteiger partial charge in [-0.25, -0.2) is 0 Å². The second kappa shape index (κ2) is 8.15. The van der Waals surface area contributed by atoms with Gasteiger partial charge >= 0.3 is 5.97 Å². The van der Waals surface area contributed by atoms with Crippen molar-refractivity contribution in [1.82, 2.24) is 9.80 Å². The average molecular weight is 270 g/mol. The molecule has 0 aliphatic carbocycles. The maximum atomic E-state index is 12.1. The maximum absolute atomic E-state index is 12.1. The second-order valence-electron chi connectivity index (χ2n) is 5.48. The first kappa shape index (κ1) is 16.0. The topological polar surface area (TPSA) is 49.9 Å². The van der Waals surface area contributed by atoms with Crippen LogP contribution in [0.2, 0.25) is 0 Å². The summed E-state index contributed by atoms with van der Waals surface area (Å²) in [6.45, 7) is 5.19. The van der Waals surface area contributed by atoms with Crippen LogP contribution >= 0.6 is 0 Å². The number of likely N-dealkylation sites (tertiary alicyclic amines) is 1. The molecule has 110 valence electrons. The van der Waals surface area contributed by atoms with Gasteiger partial charge in [-0.2, -0.15) is 0 Å². The molecule has 0 atom stereocenters. The Hall–Kier alpha value is -1.10. The summed E-state index contributed by atoms with van der Waals surface area (Å²) in [5, 5.41) is 0. The van der Waals surface area contributed by atoms with Crippen LogP contribution in [0.25, 0.3) is 0 Å². The van der Waals surface area contributed by atoms with Crippen molar-refractivity contribution in [2.45, 2.75) is 32.6 Å². The summed E-state index contributed by atoms with van der Waals surface area (Å²) >= 11 is 0. The summed E-state index contributed by atoms with van der Waals surface area (Å²) in [5.74, 6) is 0.749. The smallest absolute Gasteiger partial charge is 0.305 e. The molecule has 0 N–H and O–H groups in total. The number of amides is 1. The Kier molecular flexibility index (Phi) is 6.84. The molecule has 0 radical (unpaired) electrons. The van der Waals surface area contributed by atoms with Gasteiger partial charge in [-0.15, -0.1) is 0 Å². The molecule has 1 rings (SSSR count). The number of carbonyl (C=O) groups excluding carboxylic acids is 2. The zero-order valence-electron chi connectivity index (χ0n) is 12.4. The van der Waals surface area contributed by atoms with E-state index in [-0.39, 0.29) is 11.9 Å². The summed E-state index contributed by atoms with van der Waals surface area (Å²) in [6, 6.07) is 0. The van der Waals surface area contributed by atoms with E-state index in [1.165, 1.54) is 7.11 Å². The van der Waals surface area contributed by atoms with Crippen LogP contribution in [-0.4, -0.2) is 62.0 Å².